The van der Waals surface area contributed by atoms with Gasteiger partial charge in [0.1, 0.15) is 5.15 Å². The zero-order valence-corrected chi connectivity index (χ0v) is 7.06. The van der Waals surface area contributed by atoms with Gasteiger partial charge in [-0.2, -0.15) is 0 Å². The summed E-state index contributed by atoms with van der Waals surface area (Å²) in [5, 5.41) is 3.15. The number of anilines is 1. The number of rotatable bonds is 0. The van der Waals surface area contributed by atoms with Crippen molar-refractivity contribution in [2.45, 2.75) is 12.8 Å². The number of carbonyl (C=O) groups excluding carboxylic acids is 1. The predicted octanol–water partition coefficient (Wildman–Crippen LogP) is 1.62. The lowest BCUT2D eigenvalue weighted by atomic mass is 10.1. The first-order chi connectivity index (χ1) is 5.75. The summed E-state index contributed by atoms with van der Waals surface area (Å²) < 4.78 is 0. The molecule has 12 heavy (non-hydrogen) atoms. The van der Waals surface area contributed by atoms with Crippen molar-refractivity contribution >= 4 is 23.2 Å². The molecule has 0 saturated heterocycles. The van der Waals surface area contributed by atoms with Gasteiger partial charge in [-0.05, 0) is 18.1 Å². The number of amides is 1. The Hall–Kier alpha value is -1.09. The molecule has 0 aromatic carbocycles. The van der Waals surface area contributed by atoms with Crippen LogP contribution in [0.2, 0.25) is 5.15 Å². The minimum absolute atomic E-state index is 0.0461. The molecule has 2 heterocycles. The third-order valence-corrected chi connectivity index (χ3v) is 2.06. The maximum atomic E-state index is 11.0. The molecule has 0 bridgehead atoms. The van der Waals surface area contributed by atoms with Crippen LogP contribution < -0.4 is 5.32 Å². The van der Waals surface area contributed by atoms with E-state index in [1.165, 1.54) is 0 Å². The number of hydrogen-bond acceptors (Lipinski definition) is 2. The number of pyridine rings is 1. The van der Waals surface area contributed by atoms with Crippen molar-refractivity contribution in [3.63, 3.8) is 0 Å². The standard InChI is InChI=1S/C8H7ClN2O/c9-7-3-6-5(4-10-7)1-2-8(12)11-6/h3-4H,1-2H2,(H,11,12). The van der Waals surface area contributed by atoms with Crippen molar-refractivity contribution < 1.29 is 4.79 Å². The van der Waals surface area contributed by atoms with Crippen LogP contribution in [0.3, 0.4) is 0 Å². The summed E-state index contributed by atoms with van der Waals surface area (Å²) >= 11 is 5.66. The first-order valence-corrected chi connectivity index (χ1v) is 4.08. The maximum absolute atomic E-state index is 11.0. The highest BCUT2D eigenvalue weighted by atomic mass is 35.5. The van der Waals surface area contributed by atoms with Crippen LogP contribution >= 0.6 is 11.6 Å². The summed E-state index contributed by atoms with van der Waals surface area (Å²) in [5.41, 5.74) is 1.85. The van der Waals surface area contributed by atoms with Gasteiger partial charge in [0.2, 0.25) is 5.91 Å². The lowest BCUT2D eigenvalue weighted by Gasteiger charge is -2.15. The maximum Gasteiger partial charge on any atom is 0.224 e. The minimum atomic E-state index is 0.0461. The Morgan fingerprint density at radius 3 is 3.17 bits per heavy atom. The number of hydrogen-bond donors (Lipinski definition) is 1. The van der Waals surface area contributed by atoms with E-state index in [2.05, 4.69) is 10.3 Å². The number of nitrogens with one attached hydrogen (secondary N) is 1. The Morgan fingerprint density at radius 2 is 2.33 bits per heavy atom. The predicted molar refractivity (Wildman–Crippen MR) is 46.2 cm³/mol. The molecule has 0 aliphatic carbocycles. The molecule has 4 heteroatoms. The first kappa shape index (κ1) is 7.55. The second-order valence-corrected chi connectivity index (χ2v) is 3.10. The third-order valence-electron chi connectivity index (χ3n) is 1.85. The van der Waals surface area contributed by atoms with Crippen LogP contribution in [0.25, 0.3) is 0 Å². The molecule has 0 unspecified atom stereocenters. The van der Waals surface area contributed by atoms with E-state index in [0.717, 1.165) is 17.7 Å². The number of aryl methyl sites for hydroxylation is 1. The van der Waals surface area contributed by atoms with Crippen molar-refractivity contribution in [1.82, 2.24) is 4.98 Å². The molecule has 3 nitrogen and oxygen atoms in total. The Kier molecular flexibility index (Phi) is 1.73. The molecule has 1 aromatic heterocycles. The van der Waals surface area contributed by atoms with Gasteiger partial charge in [0.25, 0.3) is 0 Å². The topological polar surface area (TPSA) is 42.0 Å². The van der Waals surface area contributed by atoms with Gasteiger partial charge in [-0.1, -0.05) is 11.6 Å². The fourth-order valence-corrected chi connectivity index (χ4v) is 1.39. The van der Waals surface area contributed by atoms with Crippen molar-refractivity contribution in [2.24, 2.45) is 0 Å². The molecule has 2 rings (SSSR count). The van der Waals surface area contributed by atoms with Crippen LogP contribution in [0.15, 0.2) is 12.3 Å². The van der Waals surface area contributed by atoms with E-state index in [4.69, 9.17) is 11.6 Å². The average molecular weight is 183 g/mol. The van der Waals surface area contributed by atoms with Gasteiger partial charge in [-0.15, -0.1) is 0 Å². The molecule has 0 saturated carbocycles. The number of aromatic nitrogens is 1. The fraction of sp³-hybridized carbons (Fsp3) is 0.250. The molecule has 1 aliphatic rings. The lowest BCUT2D eigenvalue weighted by molar-refractivity contribution is -0.116. The summed E-state index contributed by atoms with van der Waals surface area (Å²) in [6, 6.07) is 1.67. The molecule has 0 atom stereocenters. The molecular formula is C8H7ClN2O. The van der Waals surface area contributed by atoms with Crippen LogP contribution in [0.5, 0.6) is 0 Å². The van der Waals surface area contributed by atoms with Gasteiger partial charge in [-0.3, -0.25) is 4.79 Å². The van der Waals surface area contributed by atoms with Gasteiger partial charge in [-0.25, -0.2) is 4.98 Å². The first-order valence-electron chi connectivity index (χ1n) is 3.70. The highest BCUT2D eigenvalue weighted by Gasteiger charge is 2.14. The Balaban J connectivity index is 2.44. The van der Waals surface area contributed by atoms with Gasteiger partial charge < -0.3 is 5.32 Å². The largest absolute Gasteiger partial charge is 0.326 e. The molecule has 1 aliphatic heterocycles. The van der Waals surface area contributed by atoms with Crippen LogP contribution in [0.1, 0.15) is 12.0 Å². The normalized spacial score (nSPS) is 15.2. The molecular weight excluding hydrogens is 176 g/mol. The highest BCUT2D eigenvalue weighted by molar-refractivity contribution is 6.29. The van der Waals surface area contributed by atoms with Gasteiger partial charge in [0.15, 0.2) is 0 Å². The average Bonchev–Trinajstić information content (AvgIpc) is 2.03. The molecule has 0 radical (unpaired) electrons. The van der Waals surface area contributed by atoms with E-state index in [0.29, 0.717) is 11.6 Å². The van der Waals surface area contributed by atoms with Crippen LogP contribution in [0, 0.1) is 0 Å². The quantitative estimate of drug-likeness (QED) is 0.620. The van der Waals surface area contributed by atoms with Crippen LogP contribution in [-0.2, 0) is 11.2 Å². The number of fused-ring (bicyclic) bond motifs is 1. The molecule has 0 fully saturated rings. The van der Waals surface area contributed by atoms with Crippen molar-refractivity contribution in [2.75, 3.05) is 5.32 Å². The summed E-state index contributed by atoms with van der Waals surface area (Å²) in [5.74, 6) is 0.0461. The van der Waals surface area contributed by atoms with Crippen LogP contribution in [-0.4, -0.2) is 10.9 Å². The lowest BCUT2D eigenvalue weighted by Crippen LogP contribution is -2.18. The Morgan fingerprint density at radius 1 is 1.50 bits per heavy atom. The summed E-state index contributed by atoms with van der Waals surface area (Å²) in [4.78, 5) is 14.9. The SMILES string of the molecule is O=C1CCc2cnc(Cl)cc2N1. The van der Waals surface area contributed by atoms with Gasteiger partial charge in [0, 0.05) is 18.3 Å². The molecule has 1 amide bonds. The minimum Gasteiger partial charge on any atom is -0.326 e. The van der Waals surface area contributed by atoms with Crippen molar-refractivity contribution in [1.29, 1.82) is 0 Å². The number of halogens is 1. The molecule has 0 spiro atoms. The molecule has 1 N–H and O–H groups in total. The van der Waals surface area contributed by atoms with Gasteiger partial charge >= 0.3 is 0 Å². The third kappa shape index (κ3) is 1.28. The highest BCUT2D eigenvalue weighted by Crippen LogP contribution is 2.23. The number of nitrogens with zero attached hydrogens (tertiary/aromatic N) is 1. The fourth-order valence-electron chi connectivity index (χ4n) is 1.23. The van der Waals surface area contributed by atoms with Crippen molar-refractivity contribution in [3.05, 3.63) is 23.0 Å². The van der Waals surface area contributed by atoms with E-state index in [1.54, 1.807) is 12.3 Å². The number of carbonyl (C=O) groups is 1. The van der Waals surface area contributed by atoms with E-state index < -0.39 is 0 Å². The van der Waals surface area contributed by atoms with Gasteiger partial charge in [0.05, 0.1) is 0 Å². The van der Waals surface area contributed by atoms with Crippen LogP contribution in [0.4, 0.5) is 5.69 Å². The molecule has 62 valence electrons. The zero-order valence-electron chi connectivity index (χ0n) is 6.30. The van der Waals surface area contributed by atoms with Crippen molar-refractivity contribution in [3.8, 4) is 0 Å². The van der Waals surface area contributed by atoms with E-state index in [9.17, 15) is 4.79 Å². The summed E-state index contributed by atoms with van der Waals surface area (Å²) in [6.45, 7) is 0. The monoisotopic (exact) mass is 182 g/mol. The smallest absolute Gasteiger partial charge is 0.224 e. The van der Waals surface area contributed by atoms with E-state index in [-0.39, 0.29) is 5.91 Å². The summed E-state index contributed by atoms with van der Waals surface area (Å²) in [6.07, 6.45) is 3.00. The second-order valence-electron chi connectivity index (χ2n) is 2.71. The second kappa shape index (κ2) is 2.75. The van der Waals surface area contributed by atoms with E-state index in [1.807, 2.05) is 0 Å². The Bertz CT molecular complexity index is 338. The Labute approximate surface area is 74.8 Å². The van der Waals surface area contributed by atoms with E-state index >= 15 is 0 Å². The molecule has 1 aromatic rings. The zero-order chi connectivity index (χ0) is 8.55. The summed E-state index contributed by atoms with van der Waals surface area (Å²) in [7, 11) is 0.